The fourth-order valence-electron chi connectivity index (χ4n) is 1.27. The third kappa shape index (κ3) is 3.94. The van der Waals surface area contributed by atoms with Crippen molar-refractivity contribution in [2.24, 2.45) is 0 Å². The molecule has 0 spiro atoms. The van der Waals surface area contributed by atoms with E-state index < -0.39 is 17.6 Å². The maximum Gasteiger partial charge on any atom is 0.418 e. The molecule has 0 aliphatic heterocycles. The van der Waals surface area contributed by atoms with Gasteiger partial charge >= 0.3 is 6.18 Å². The van der Waals surface area contributed by atoms with Crippen LogP contribution < -0.4 is 5.32 Å². The summed E-state index contributed by atoms with van der Waals surface area (Å²) in [7, 11) is 0. The number of hydrogen-bond acceptors (Lipinski definition) is 1. The third-order valence-electron chi connectivity index (χ3n) is 1.91. The first kappa shape index (κ1) is 13.3. The number of carbonyl (C=O) groups is 1. The van der Waals surface area contributed by atoms with E-state index in [1.54, 1.807) is 13.8 Å². The van der Waals surface area contributed by atoms with E-state index in [9.17, 15) is 18.0 Å². The number of allylic oxidation sites excluding steroid dienone is 1. The highest BCUT2D eigenvalue weighted by Gasteiger charge is 2.33. The van der Waals surface area contributed by atoms with E-state index in [0.29, 0.717) is 5.57 Å². The number of carbonyl (C=O) groups excluding carboxylic acids is 1. The lowest BCUT2D eigenvalue weighted by molar-refractivity contribution is -0.136. The Morgan fingerprint density at radius 1 is 1.24 bits per heavy atom. The van der Waals surface area contributed by atoms with E-state index in [1.807, 2.05) is 0 Å². The van der Waals surface area contributed by atoms with Crippen LogP contribution in [0.25, 0.3) is 0 Å². The van der Waals surface area contributed by atoms with Gasteiger partial charge in [-0.1, -0.05) is 17.7 Å². The predicted molar refractivity (Wildman–Crippen MR) is 59.5 cm³/mol. The van der Waals surface area contributed by atoms with Gasteiger partial charge < -0.3 is 5.32 Å². The molecule has 0 radical (unpaired) electrons. The van der Waals surface area contributed by atoms with Gasteiger partial charge in [0.15, 0.2) is 0 Å². The van der Waals surface area contributed by atoms with E-state index >= 15 is 0 Å². The second-order valence-electron chi connectivity index (χ2n) is 3.75. The molecule has 0 aliphatic carbocycles. The molecule has 0 aliphatic rings. The van der Waals surface area contributed by atoms with Crippen LogP contribution in [0.2, 0.25) is 0 Å². The van der Waals surface area contributed by atoms with Gasteiger partial charge in [-0.2, -0.15) is 13.2 Å². The lowest BCUT2D eigenvalue weighted by Gasteiger charge is -2.12. The van der Waals surface area contributed by atoms with Crippen molar-refractivity contribution in [3.05, 3.63) is 41.5 Å². The molecule has 0 unspecified atom stereocenters. The van der Waals surface area contributed by atoms with Crippen molar-refractivity contribution in [1.29, 1.82) is 0 Å². The smallest absolute Gasteiger partial charge is 0.322 e. The van der Waals surface area contributed by atoms with E-state index in [-0.39, 0.29) is 5.69 Å². The summed E-state index contributed by atoms with van der Waals surface area (Å²) in [4.78, 5) is 11.3. The first-order chi connectivity index (χ1) is 7.80. The molecule has 1 N–H and O–H groups in total. The number of rotatable bonds is 2. The monoisotopic (exact) mass is 243 g/mol. The number of anilines is 1. The van der Waals surface area contributed by atoms with Crippen LogP contribution in [0.4, 0.5) is 18.9 Å². The number of para-hydroxylation sites is 1. The summed E-state index contributed by atoms with van der Waals surface area (Å²) in [6.07, 6.45) is -3.23. The topological polar surface area (TPSA) is 29.1 Å². The molecule has 0 atom stereocenters. The fourth-order valence-corrected chi connectivity index (χ4v) is 1.27. The van der Waals surface area contributed by atoms with Gasteiger partial charge in [-0.25, -0.2) is 0 Å². The van der Waals surface area contributed by atoms with Crippen LogP contribution >= 0.6 is 0 Å². The van der Waals surface area contributed by atoms with Gasteiger partial charge in [0.2, 0.25) is 5.91 Å². The SMILES string of the molecule is CC(C)=CC(=O)Nc1ccccc1C(F)(F)F. The average molecular weight is 243 g/mol. The molecule has 0 fully saturated rings. The molecule has 92 valence electrons. The number of halogens is 3. The lowest BCUT2D eigenvalue weighted by atomic mass is 10.1. The van der Waals surface area contributed by atoms with Crippen molar-refractivity contribution < 1.29 is 18.0 Å². The first-order valence-electron chi connectivity index (χ1n) is 4.93. The highest BCUT2D eigenvalue weighted by atomic mass is 19.4. The molecular formula is C12H12F3NO. The Kier molecular flexibility index (Phi) is 3.93. The molecule has 17 heavy (non-hydrogen) atoms. The van der Waals surface area contributed by atoms with Gasteiger partial charge in [-0.05, 0) is 26.0 Å². The lowest BCUT2D eigenvalue weighted by Crippen LogP contribution is -2.14. The van der Waals surface area contributed by atoms with Crippen molar-refractivity contribution in [2.75, 3.05) is 5.32 Å². The summed E-state index contributed by atoms with van der Waals surface area (Å²) >= 11 is 0. The van der Waals surface area contributed by atoms with E-state index in [4.69, 9.17) is 0 Å². The van der Waals surface area contributed by atoms with Crippen LogP contribution in [0.3, 0.4) is 0 Å². The summed E-state index contributed by atoms with van der Waals surface area (Å²) in [6, 6.07) is 4.87. The number of alkyl halides is 3. The van der Waals surface area contributed by atoms with Gasteiger partial charge in [0, 0.05) is 6.08 Å². The van der Waals surface area contributed by atoms with Gasteiger partial charge in [-0.15, -0.1) is 0 Å². The Bertz CT molecular complexity index is 445. The van der Waals surface area contributed by atoms with E-state index in [2.05, 4.69) is 5.32 Å². The quantitative estimate of drug-likeness (QED) is 0.790. The Hall–Kier alpha value is -1.78. The van der Waals surface area contributed by atoms with Crippen LogP contribution in [0, 0.1) is 0 Å². The molecule has 1 rings (SSSR count). The Balaban J connectivity index is 3.00. The zero-order valence-electron chi connectivity index (χ0n) is 9.43. The van der Waals surface area contributed by atoms with Crippen LogP contribution in [0.15, 0.2) is 35.9 Å². The normalized spacial score (nSPS) is 10.9. The molecule has 1 aromatic carbocycles. The summed E-state index contributed by atoms with van der Waals surface area (Å²) in [6.45, 7) is 3.38. The van der Waals surface area contributed by atoms with E-state index in [1.165, 1.54) is 24.3 Å². The van der Waals surface area contributed by atoms with Gasteiger partial charge in [0.05, 0.1) is 11.3 Å². The number of hydrogen-bond donors (Lipinski definition) is 1. The number of benzene rings is 1. The Morgan fingerprint density at radius 2 is 1.82 bits per heavy atom. The maximum absolute atomic E-state index is 12.6. The highest BCUT2D eigenvalue weighted by molar-refractivity contribution is 6.00. The Labute approximate surface area is 97.1 Å². The molecule has 0 saturated carbocycles. The fraction of sp³-hybridized carbons (Fsp3) is 0.250. The first-order valence-corrected chi connectivity index (χ1v) is 4.93. The van der Waals surface area contributed by atoms with Crippen molar-refractivity contribution in [3.63, 3.8) is 0 Å². The van der Waals surface area contributed by atoms with Crippen LogP contribution in [-0.4, -0.2) is 5.91 Å². The van der Waals surface area contributed by atoms with Crippen LogP contribution in [0.5, 0.6) is 0 Å². The summed E-state index contributed by atoms with van der Waals surface area (Å²) in [5.74, 6) is -0.568. The van der Waals surface area contributed by atoms with Crippen molar-refractivity contribution in [1.82, 2.24) is 0 Å². The van der Waals surface area contributed by atoms with Crippen LogP contribution in [0.1, 0.15) is 19.4 Å². The largest absolute Gasteiger partial charge is 0.418 e. The average Bonchev–Trinajstić information content (AvgIpc) is 2.15. The zero-order valence-corrected chi connectivity index (χ0v) is 9.43. The minimum atomic E-state index is -4.48. The molecule has 0 bridgehead atoms. The summed E-state index contributed by atoms with van der Waals surface area (Å²) in [5, 5.41) is 2.21. The molecule has 1 amide bonds. The zero-order chi connectivity index (χ0) is 13.1. The highest BCUT2D eigenvalue weighted by Crippen LogP contribution is 2.34. The number of nitrogens with one attached hydrogen (secondary N) is 1. The minimum Gasteiger partial charge on any atom is -0.322 e. The van der Waals surface area contributed by atoms with Crippen molar-refractivity contribution in [2.45, 2.75) is 20.0 Å². The summed E-state index contributed by atoms with van der Waals surface area (Å²) in [5.41, 5.74) is -0.370. The summed E-state index contributed by atoms with van der Waals surface area (Å²) < 4.78 is 37.8. The minimum absolute atomic E-state index is 0.234. The standard InChI is InChI=1S/C12H12F3NO/c1-8(2)7-11(17)16-10-6-4-3-5-9(10)12(13,14)15/h3-7H,1-2H3,(H,16,17). The molecule has 1 aromatic rings. The predicted octanol–water partition coefficient (Wildman–Crippen LogP) is 3.61. The van der Waals surface area contributed by atoms with Crippen LogP contribution in [-0.2, 0) is 11.0 Å². The molecule has 5 heteroatoms. The molecular weight excluding hydrogens is 231 g/mol. The molecule has 0 aromatic heterocycles. The second-order valence-corrected chi connectivity index (χ2v) is 3.75. The Morgan fingerprint density at radius 3 is 2.35 bits per heavy atom. The second kappa shape index (κ2) is 5.03. The van der Waals surface area contributed by atoms with Crippen molar-refractivity contribution >= 4 is 11.6 Å². The van der Waals surface area contributed by atoms with E-state index in [0.717, 1.165) is 6.07 Å². The molecule has 0 saturated heterocycles. The number of amides is 1. The van der Waals surface area contributed by atoms with Crippen molar-refractivity contribution in [3.8, 4) is 0 Å². The van der Waals surface area contributed by atoms with Gasteiger partial charge in [0.1, 0.15) is 0 Å². The third-order valence-corrected chi connectivity index (χ3v) is 1.91. The maximum atomic E-state index is 12.6. The van der Waals surface area contributed by atoms with Gasteiger partial charge in [0.25, 0.3) is 0 Å². The molecule has 0 heterocycles. The van der Waals surface area contributed by atoms with Gasteiger partial charge in [-0.3, -0.25) is 4.79 Å². The molecule has 2 nitrogen and oxygen atoms in total.